The minimum atomic E-state index is 0.902. The van der Waals surface area contributed by atoms with Gasteiger partial charge in [0.05, 0.1) is 0 Å². The van der Waals surface area contributed by atoms with Crippen molar-refractivity contribution in [3.05, 3.63) is 212 Å². The Kier molecular flexibility index (Phi) is 7.85. The number of hydrogen-bond acceptors (Lipinski definition) is 2. The molecule has 2 nitrogen and oxygen atoms in total. The maximum Gasteiger partial charge on any atom is 0.136 e. The first-order valence-electron chi connectivity index (χ1n) is 18.4. The van der Waals surface area contributed by atoms with Crippen LogP contribution < -0.4 is 4.90 Å². The number of rotatable bonds is 7. The van der Waals surface area contributed by atoms with Crippen LogP contribution in [0.3, 0.4) is 0 Å². The maximum absolute atomic E-state index is 6.23. The van der Waals surface area contributed by atoms with Gasteiger partial charge in [0.25, 0.3) is 0 Å². The molecule has 0 aliphatic rings. The SMILES string of the molecule is c1ccc(-c2cccc(-c3ccc(N(c4ccc(-c5ccc6c(c5)oc5ccccc56)cc4)c4cccc(-c5ccc6ccccc6c5)c4)cc3)c2)cc1. The summed E-state index contributed by atoms with van der Waals surface area (Å²) in [6, 6.07) is 76.0. The molecule has 0 bridgehead atoms. The normalized spacial score (nSPS) is 11.3. The van der Waals surface area contributed by atoms with Crippen molar-refractivity contribution in [2.75, 3.05) is 4.90 Å². The molecule has 0 unspecified atom stereocenters. The number of para-hydroxylation sites is 1. The summed E-state index contributed by atoms with van der Waals surface area (Å²) in [5.74, 6) is 0. The highest BCUT2D eigenvalue weighted by atomic mass is 16.3. The molecule has 0 radical (unpaired) electrons. The third-order valence-electron chi connectivity index (χ3n) is 10.5. The quantitative estimate of drug-likeness (QED) is 0.166. The number of anilines is 3. The van der Waals surface area contributed by atoms with Crippen LogP contribution in [0.1, 0.15) is 0 Å². The number of nitrogens with zero attached hydrogens (tertiary/aromatic N) is 1. The Bertz CT molecular complexity index is 2920. The van der Waals surface area contributed by atoms with Gasteiger partial charge in [-0.15, -0.1) is 0 Å². The van der Waals surface area contributed by atoms with Gasteiger partial charge in [0.15, 0.2) is 0 Å². The fourth-order valence-corrected chi connectivity index (χ4v) is 7.66. The zero-order valence-electron chi connectivity index (χ0n) is 29.6. The van der Waals surface area contributed by atoms with Gasteiger partial charge in [-0.05, 0) is 122 Å². The summed E-state index contributed by atoms with van der Waals surface area (Å²) in [4.78, 5) is 2.35. The van der Waals surface area contributed by atoms with Crippen LogP contribution in [-0.4, -0.2) is 0 Å². The van der Waals surface area contributed by atoms with E-state index < -0.39 is 0 Å². The molecule has 0 aliphatic heterocycles. The molecule has 0 saturated carbocycles. The van der Waals surface area contributed by atoms with Crippen molar-refractivity contribution >= 4 is 49.8 Å². The van der Waals surface area contributed by atoms with Crippen LogP contribution >= 0.6 is 0 Å². The van der Waals surface area contributed by atoms with E-state index in [9.17, 15) is 0 Å². The van der Waals surface area contributed by atoms with Crippen molar-refractivity contribution in [1.29, 1.82) is 0 Å². The molecule has 1 aromatic heterocycles. The summed E-state index contributed by atoms with van der Waals surface area (Å²) < 4.78 is 6.23. The summed E-state index contributed by atoms with van der Waals surface area (Å²) in [7, 11) is 0. The van der Waals surface area contributed by atoms with E-state index >= 15 is 0 Å². The van der Waals surface area contributed by atoms with Crippen LogP contribution in [0.15, 0.2) is 217 Å². The highest BCUT2D eigenvalue weighted by Gasteiger charge is 2.15. The predicted octanol–water partition coefficient (Wildman–Crippen LogP) is 14.9. The fraction of sp³-hybridized carbons (Fsp3) is 0. The van der Waals surface area contributed by atoms with E-state index in [4.69, 9.17) is 4.42 Å². The van der Waals surface area contributed by atoms with Gasteiger partial charge in [0.1, 0.15) is 11.2 Å². The molecule has 2 heteroatoms. The lowest BCUT2D eigenvalue weighted by atomic mass is 9.98. The topological polar surface area (TPSA) is 16.4 Å². The van der Waals surface area contributed by atoms with Crippen LogP contribution in [-0.2, 0) is 0 Å². The van der Waals surface area contributed by atoms with Crippen molar-refractivity contribution < 1.29 is 4.42 Å². The molecule has 1 heterocycles. The van der Waals surface area contributed by atoms with Crippen LogP contribution in [0.25, 0.3) is 77.2 Å². The molecule has 10 rings (SSSR count). The summed E-state index contributed by atoms with van der Waals surface area (Å²) in [5.41, 5.74) is 14.5. The third kappa shape index (κ3) is 5.90. The van der Waals surface area contributed by atoms with Gasteiger partial charge in [-0.3, -0.25) is 0 Å². The summed E-state index contributed by atoms with van der Waals surface area (Å²) in [6.45, 7) is 0. The lowest BCUT2D eigenvalue weighted by molar-refractivity contribution is 0.669. The minimum absolute atomic E-state index is 0.902. The van der Waals surface area contributed by atoms with E-state index in [0.717, 1.165) is 50.1 Å². The van der Waals surface area contributed by atoms with Crippen LogP contribution in [0.5, 0.6) is 0 Å². The van der Waals surface area contributed by atoms with Gasteiger partial charge >= 0.3 is 0 Å². The molecule has 0 aliphatic carbocycles. The largest absolute Gasteiger partial charge is 0.456 e. The van der Waals surface area contributed by atoms with Gasteiger partial charge in [-0.1, -0.05) is 146 Å². The monoisotopic (exact) mass is 689 g/mol. The van der Waals surface area contributed by atoms with Crippen LogP contribution in [0.4, 0.5) is 17.1 Å². The number of benzene rings is 9. The standard InChI is InChI=1S/C52H35NO/c1-2-10-36(11-3-1)41-14-8-15-42(32-41)38-22-27-46(28-23-38)53(48-17-9-16-43(34-48)44-21-20-37-12-4-5-13-40(37)33-44)47-29-24-39(25-30-47)45-26-31-50-49-18-6-7-19-51(49)54-52(50)35-45/h1-35H. The van der Waals surface area contributed by atoms with Crippen molar-refractivity contribution in [1.82, 2.24) is 0 Å². The Morgan fingerprint density at radius 2 is 0.759 bits per heavy atom. The Labute approximate surface area is 314 Å². The molecule has 0 saturated heterocycles. The molecule has 0 N–H and O–H groups in total. The van der Waals surface area contributed by atoms with E-state index in [0.29, 0.717) is 0 Å². The van der Waals surface area contributed by atoms with Crippen molar-refractivity contribution in [3.63, 3.8) is 0 Å². The molecule has 54 heavy (non-hydrogen) atoms. The highest BCUT2D eigenvalue weighted by Crippen LogP contribution is 2.40. The molecule has 10 aromatic rings. The second-order valence-electron chi connectivity index (χ2n) is 13.8. The predicted molar refractivity (Wildman–Crippen MR) is 228 cm³/mol. The first-order valence-corrected chi connectivity index (χ1v) is 18.4. The Morgan fingerprint density at radius 3 is 1.50 bits per heavy atom. The number of fused-ring (bicyclic) bond motifs is 4. The number of furan rings is 1. The zero-order valence-corrected chi connectivity index (χ0v) is 29.6. The molecule has 0 fully saturated rings. The number of hydrogen-bond donors (Lipinski definition) is 0. The van der Waals surface area contributed by atoms with Crippen molar-refractivity contribution in [2.45, 2.75) is 0 Å². The highest BCUT2D eigenvalue weighted by molar-refractivity contribution is 6.06. The Balaban J connectivity index is 1.03. The molecule has 9 aromatic carbocycles. The third-order valence-corrected chi connectivity index (χ3v) is 10.5. The Morgan fingerprint density at radius 1 is 0.259 bits per heavy atom. The van der Waals surface area contributed by atoms with Crippen LogP contribution in [0, 0.1) is 0 Å². The zero-order chi connectivity index (χ0) is 35.8. The summed E-state index contributed by atoms with van der Waals surface area (Å²) in [5, 5.41) is 4.76. The van der Waals surface area contributed by atoms with Crippen LogP contribution in [0.2, 0.25) is 0 Å². The average Bonchev–Trinajstić information content (AvgIpc) is 3.63. The Hall–Kier alpha value is -7.16. The van der Waals surface area contributed by atoms with E-state index in [2.05, 4.69) is 205 Å². The summed E-state index contributed by atoms with van der Waals surface area (Å²) >= 11 is 0. The molecule has 0 amide bonds. The molecule has 0 atom stereocenters. The van der Waals surface area contributed by atoms with Gasteiger partial charge in [-0.25, -0.2) is 0 Å². The van der Waals surface area contributed by atoms with Crippen molar-refractivity contribution in [2.24, 2.45) is 0 Å². The lowest BCUT2D eigenvalue weighted by Gasteiger charge is -2.26. The first-order chi connectivity index (χ1) is 26.7. The molecule has 0 spiro atoms. The van der Waals surface area contributed by atoms with E-state index in [1.807, 2.05) is 12.1 Å². The molecule has 254 valence electrons. The van der Waals surface area contributed by atoms with Gasteiger partial charge in [-0.2, -0.15) is 0 Å². The van der Waals surface area contributed by atoms with E-state index in [1.165, 1.54) is 44.2 Å². The second-order valence-corrected chi connectivity index (χ2v) is 13.8. The van der Waals surface area contributed by atoms with Gasteiger partial charge in [0.2, 0.25) is 0 Å². The molecular formula is C52H35NO. The maximum atomic E-state index is 6.23. The summed E-state index contributed by atoms with van der Waals surface area (Å²) in [6.07, 6.45) is 0. The smallest absolute Gasteiger partial charge is 0.136 e. The van der Waals surface area contributed by atoms with E-state index in [1.54, 1.807) is 0 Å². The average molecular weight is 690 g/mol. The minimum Gasteiger partial charge on any atom is -0.456 e. The first kappa shape index (κ1) is 31.6. The fourth-order valence-electron chi connectivity index (χ4n) is 7.66. The van der Waals surface area contributed by atoms with Gasteiger partial charge < -0.3 is 9.32 Å². The molecular weight excluding hydrogens is 655 g/mol. The lowest BCUT2D eigenvalue weighted by Crippen LogP contribution is -2.10. The second kappa shape index (κ2) is 13.4. The van der Waals surface area contributed by atoms with E-state index in [-0.39, 0.29) is 0 Å². The van der Waals surface area contributed by atoms with Gasteiger partial charge in [0, 0.05) is 27.8 Å². The van der Waals surface area contributed by atoms with Crippen molar-refractivity contribution in [3.8, 4) is 44.5 Å².